The molecule has 0 spiro atoms. The van der Waals surface area contributed by atoms with Crippen molar-refractivity contribution in [1.29, 1.82) is 0 Å². The Hall–Kier alpha value is -6.37. The summed E-state index contributed by atoms with van der Waals surface area (Å²) in [6.45, 7) is 0. The molecule has 6 nitrogen and oxygen atoms in total. The number of rotatable bonds is 4. The highest BCUT2D eigenvalue weighted by Crippen LogP contribution is 2.38. The zero-order valence-electron chi connectivity index (χ0n) is 27.5. The van der Waals surface area contributed by atoms with Gasteiger partial charge in [-0.2, -0.15) is 0 Å². The van der Waals surface area contributed by atoms with Gasteiger partial charge in [-0.05, 0) is 78.1 Å². The average Bonchev–Trinajstić information content (AvgIpc) is 3.88. The van der Waals surface area contributed by atoms with Gasteiger partial charge >= 0.3 is 0 Å². The number of allylic oxidation sites excluding steroid dienone is 2. The van der Waals surface area contributed by atoms with Crippen LogP contribution in [0.2, 0.25) is 0 Å². The van der Waals surface area contributed by atoms with Crippen LogP contribution in [0.4, 0.5) is 0 Å². The standard InChI is InChI=1S/C45H31N3O3/c1-2-9-26(10-3-1)43-46-44(29-18-21-33-31-12-5-7-16-38(31)50-41(33)25-29)48-45(47-43)35-14-8-13-34-36-23-27(19-22-39(36)51-42(34)35)28-17-20-32-30-11-4-6-15-37(30)49-40(32)24-28/h2,4-25,43,45,47H,1,3H2,(H,46,48). The lowest BCUT2D eigenvalue weighted by atomic mass is 9.99. The summed E-state index contributed by atoms with van der Waals surface area (Å²) in [6.07, 6.45) is 8.27. The van der Waals surface area contributed by atoms with Crippen LogP contribution in [0.25, 0.3) is 76.9 Å². The van der Waals surface area contributed by atoms with Crippen LogP contribution >= 0.6 is 0 Å². The number of aliphatic imine (C=N–C) groups is 1. The van der Waals surface area contributed by atoms with Gasteiger partial charge in [0.2, 0.25) is 0 Å². The summed E-state index contributed by atoms with van der Waals surface area (Å²) in [5, 5.41) is 14.1. The molecular weight excluding hydrogens is 631 g/mol. The van der Waals surface area contributed by atoms with Gasteiger partial charge < -0.3 is 18.6 Å². The molecule has 0 amide bonds. The molecule has 0 fully saturated rings. The lowest BCUT2D eigenvalue weighted by Crippen LogP contribution is -2.49. The monoisotopic (exact) mass is 661 g/mol. The minimum Gasteiger partial charge on any atom is -0.456 e. The molecule has 0 saturated carbocycles. The lowest BCUT2D eigenvalue weighted by Gasteiger charge is -2.33. The number of furan rings is 3. The first kappa shape index (κ1) is 28.5. The summed E-state index contributed by atoms with van der Waals surface area (Å²) >= 11 is 0. The third kappa shape index (κ3) is 4.57. The zero-order valence-corrected chi connectivity index (χ0v) is 27.5. The molecule has 0 radical (unpaired) electrons. The van der Waals surface area contributed by atoms with Gasteiger partial charge in [-0.25, -0.2) is 4.99 Å². The Morgan fingerprint density at radius 2 is 1.18 bits per heavy atom. The SMILES string of the molecule is C1=CC(C2N=C(c3ccc4c(c3)oc3ccccc34)NC(c3cccc4c3oc3ccc(-c5ccc6c(c5)oc5ccccc56)cc34)N2)=CCC1. The van der Waals surface area contributed by atoms with E-state index in [0.29, 0.717) is 0 Å². The van der Waals surface area contributed by atoms with Crippen LogP contribution in [0.15, 0.2) is 163 Å². The van der Waals surface area contributed by atoms with E-state index in [2.05, 4.69) is 120 Å². The molecule has 2 N–H and O–H groups in total. The van der Waals surface area contributed by atoms with E-state index < -0.39 is 0 Å². The van der Waals surface area contributed by atoms with Gasteiger partial charge in [-0.15, -0.1) is 0 Å². The van der Waals surface area contributed by atoms with Gasteiger partial charge in [0.05, 0.1) is 0 Å². The van der Waals surface area contributed by atoms with E-state index >= 15 is 0 Å². The van der Waals surface area contributed by atoms with Gasteiger partial charge in [0.1, 0.15) is 51.7 Å². The number of nitrogens with zero attached hydrogens (tertiary/aromatic N) is 1. The normalized spacial score (nSPS) is 17.9. The second-order valence-electron chi connectivity index (χ2n) is 13.5. The minimum atomic E-state index is -0.260. The van der Waals surface area contributed by atoms with E-state index in [-0.39, 0.29) is 12.3 Å². The summed E-state index contributed by atoms with van der Waals surface area (Å²) in [5.74, 6) is 0.808. The molecule has 1 aliphatic heterocycles. The maximum Gasteiger partial charge on any atom is 0.142 e. The summed E-state index contributed by atoms with van der Waals surface area (Å²) in [7, 11) is 0. The van der Waals surface area contributed by atoms with Crippen LogP contribution in [0.1, 0.15) is 30.1 Å². The number of nitrogens with one attached hydrogen (secondary N) is 2. The van der Waals surface area contributed by atoms with Gasteiger partial charge in [-0.1, -0.05) is 91.0 Å². The van der Waals surface area contributed by atoms with Crippen molar-refractivity contribution >= 4 is 71.7 Å². The van der Waals surface area contributed by atoms with Crippen molar-refractivity contribution in [3.8, 4) is 11.1 Å². The van der Waals surface area contributed by atoms with Gasteiger partial charge in [0, 0.05) is 43.4 Å². The molecule has 51 heavy (non-hydrogen) atoms. The highest BCUT2D eigenvalue weighted by atomic mass is 16.3. The van der Waals surface area contributed by atoms with Crippen LogP contribution in [0.3, 0.4) is 0 Å². The lowest BCUT2D eigenvalue weighted by molar-refractivity contribution is 0.432. The van der Waals surface area contributed by atoms with Crippen molar-refractivity contribution in [2.45, 2.75) is 25.2 Å². The number of para-hydroxylation sites is 3. The maximum atomic E-state index is 6.67. The predicted octanol–water partition coefficient (Wildman–Crippen LogP) is 11.3. The number of hydrogen-bond donors (Lipinski definition) is 2. The molecule has 2 unspecified atom stereocenters. The Morgan fingerprint density at radius 3 is 1.94 bits per heavy atom. The predicted molar refractivity (Wildman–Crippen MR) is 206 cm³/mol. The number of hydrogen-bond acceptors (Lipinski definition) is 6. The molecular formula is C45H31N3O3. The highest BCUT2D eigenvalue weighted by Gasteiger charge is 2.29. The van der Waals surface area contributed by atoms with Crippen molar-refractivity contribution in [3.05, 3.63) is 156 Å². The Morgan fingerprint density at radius 1 is 0.529 bits per heavy atom. The van der Waals surface area contributed by atoms with E-state index in [1.165, 1.54) is 0 Å². The molecule has 244 valence electrons. The summed E-state index contributed by atoms with van der Waals surface area (Å²) in [5.41, 5.74) is 10.6. The molecule has 6 heteroatoms. The first-order valence-corrected chi connectivity index (χ1v) is 17.5. The molecule has 2 atom stereocenters. The van der Waals surface area contributed by atoms with Crippen molar-refractivity contribution < 1.29 is 13.3 Å². The van der Waals surface area contributed by atoms with Crippen LogP contribution in [0.5, 0.6) is 0 Å². The van der Waals surface area contributed by atoms with E-state index in [0.717, 1.165) is 112 Å². The smallest absolute Gasteiger partial charge is 0.142 e. The molecule has 0 saturated heterocycles. The fourth-order valence-electron chi connectivity index (χ4n) is 7.88. The second-order valence-corrected chi connectivity index (χ2v) is 13.5. The molecule has 0 bridgehead atoms. The fourth-order valence-corrected chi connectivity index (χ4v) is 7.88. The third-order valence-corrected chi connectivity index (χ3v) is 10.4. The van der Waals surface area contributed by atoms with Crippen molar-refractivity contribution in [1.82, 2.24) is 10.6 Å². The second kappa shape index (κ2) is 11.1. The Labute approximate surface area is 292 Å². The van der Waals surface area contributed by atoms with Gasteiger partial charge in [0.15, 0.2) is 0 Å². The number of fused-ring (bicyclic) bond motifs is 9. The molecule has 2 aliphatic rings. The van der Waals surface area contributed by atoms with Crippen LogP contribution in [0, 0.1) is 0 Å². The Balaban J connectivity index is 0.998. The summed E-state index contributed by atoms with van der Waals surface area (Å²) in [6, 6.07) is 42.0. The zero-order chi connectivity index (χ0) is 33.5. The van der Waals surface area contributed by atoms with Crippen LogP contribution in [-0.4, -0.2) is 12.0 Å². The van der Waals surface area contributed by atoms with E-state index in [1.54, 1.807) is 0 Å². The van der Waals surface area contributed by atoms with Crippen LogP contribution in [-0.2, 0) is 0 Å². The average molecular weight is 662 g/mol. The van der Waals surface area contributed by atoms with E-state index in [9.17, 15) is 0 Å². The number of amidine groups is 1. The van der Waals surface area contributed by atoms with Crippen molar-refractivity contribution in [3.63, 3.8) is 0 Å². The largest absolute Gasteiger partial charge is 0.456 e. The maximum absolute atomic E-state index is 6.67. The van der Waals surface area contributed by atoms with Crippen LogP contribution < -0.4 is 10.6 Å². The highest BCUT2D eigenvalue weighted by molar-refractivity contribution is 6.10. The summed E-state index contributed by atoms with van der Waals surface area (Å²) < 4.78 is 19.1. The minimum absolute atomic E-state index is 0.228. The van der Waals surface area contributed by atoms with Gasteiger partial charge in [-0.3, -0.25) is 5.32 Å². The quantitative estimate of drug-likeness (QED) is 0.196. The fraction of sp³-hybridized carbons (Fsp3) is 0.0889. The first-order valence-electron chi connectivity index (χ1n) is 17.5. The molecule has 11 rings (SSSR count). The topological polar surface area (TPSA) is 75.8 Å². The molecule has 3 aromatic heterocycles. The Bertz CT molecular complexity index is 2950. The number of benzene rings is 6. The molecule has 6 aromatic carbocycles. The van der Waals surface area contributed by atoms with E-state index in [1.807, 2.05) is 30.3 Å². The van der Waals surface area contributed by atoms with Crippen molar-refractivity contribution in [2.75, 3.05) is 0 Å². The van der Waals surface area contributed by atoms with Gasteiger partial charge in [0.25, 0.3) is 0 Å². The van der Waals surface area contributed by atoms with Crippen molar-refractivity contribution in [2.24, 2.45) is 4.99 Å². The van der Waals surface area contributed by atoms with E-state index in [4.69, 9.17) is 18.2 Å². The molecule has 9 aromatic rings. The molecule has 4 heterocycles. The Kier molecular flexibility index (Phi) is 6.18. The summed E-state index contributed by atoms with van der Waals surface area (Å²) in [4.78, 5) is 5.21. The molecule has 1 aliphatic carbocycles. The first-order chi connectivity index (χ1) is 25.2. The third-order valence-electron chi connectivity index (χ3n) is 10.4.